The number of aryl methyl sites for hydroxylation is 1. The molecule has 0 aromatic heterocycles. The summed E-state index contributed by atoms with van der Waals surface area (Å²) in [6.45, 7) is 7.38. The van der Waals surface area contributed by atoms with Crippen LogP contribution in [-0.4, -0.2) is 24.5 Å². The number of halogens is 1. The van der Waals surface area contributed by atoms with Crippen LogP contribution in [0.5, 0.6) is 0 Å². The third-order valence-electron chi connectivity index (χ3n) is 3.95. The summed E-state index contributed by atoms with van der Waals surface area (Å²) in [4.78, 5) is 12.3. The standard InChI is InChI=1S/C15H21BrN2O/c1-9-4-5-12(8-13(9)16)15(19)18-14-10(2)6-7-17-11(14)3/h4-5,8,10-11,14,17H,6-7H2,1-3H3,(H,18,19). The minimum absolute atomic E-state index is 0.00750. The van der Waals surface area contributed by atoms with Crippen LogP contribution in [0.4, 0.5) is 0 Å². The zero-order chi connectivity index (χ0) is 14.0. The number of amides is 1. The maximum absolute atomic E-state index is 12.3. The first-order valence-corrected chi connectivity index (χ1v) is 7.58. The molecule has 1 saturated heterocycles. The average Bonchev–Trinajstić information content (AvgIpc) is 2.37. The summed E-state index contributed by atoms with van der Waals surface area (Å²) in [5.41, 5.74) is 1.85. The van der Waals surface area contributed by atoms with Gasteiger partial charge in [-0.25, -0.2) is 0 Å². The van der Waals surface area contributed by atoms with Crippen LogP contribution in [0.25, 0.3) is 0 Å². The van der Waals surface area contributed by atoms with Gasteiger partial charge in [-0.2, -0.15) is 0 Å². The van der Waals surface area contributed by atoms with Gasteiger partial charge in [-0.3, -0.25) is 4.79 Å². The number of carbonyl (C=O) groups excluding carboxylic acids is 1. The van der Waals surface area contributed by atoms with Crippen LogP contribution < -0.4 is 10.6 Å². The van der Waals surface area contributed by atoms with Crippen LogP contribution in [0.2, 0.25) is 0 Å². The fraction of sp³-hybridized carbons (Fsp3) is 0.533. The second kappa shape index (κ2) is 6.06. The highest BCUT2D eigenvalue weighted by molar-refractivity contribution is 9.10. The summed E-state index contributed by atoms with van der Waals surface area (Å²) in [7, 11) is 0. The summed E-state index contributed by atoms with van der Waals surface area (Å²) in [6.07, 6.45) is 1.10. The molecule has 2 N–H and O–H groups in total. The number of rotatable bonds is 2. The topological polar surface area (TPSA) is 41.1 Å². The molecule has 1 aromatic carbocycles. The molecular weight excluding hydrogens is 304 g/mol. The van der Waals surface area contributed by atoms with Crippen LogP contribution in [0, 0.1) is 12.8 Å². The van der Waals surface area contributed by atoms with Crippen molar-refractivity contribution in [3.8, 4) is 0 Å². The Bertz CT molecular complexity index is 465. The predicted molar refractivity (Wildman–Crippen MR) is 81.4 cm³/mol. The van der Waals surface area contributed by atoms with E-state index in [4.69, 9.17) is 0 Å². The van der Waals surface area contributed by atoms with E-state index in [1.165, 1.54) is 0 Å². The van der Waals surface area contributed by atoms with Crippen molar-refractivity contribution in [2.24, 2.45) is 5.92 Å². The van der Waals surface area contributed by atoms with Crippen molar-refractivity contribution in [3.63, 3.8) is 0 Å². The summed E-state index contributed by atoms with van der Waals surface area (Å²) in [6, 6.07) is 6.24. The Balaban J connectivity index is 2.09. The molecule has 1 aliphatic heterocycles. The lowest BCUT2D eigenvalue weighted by Crippen LogP contribution is -2.55. The van der Waals surface area contributed by atoms with Gasteiger partial charge in [0.25, 0.3) is 5.91 Å². The molecule has 3 atom stereocenters. The highest BCUT2D eigenvalue weighted by Gasteiger charge is 2.28. The second-order valence-electron chi connectivity index (χ2n) is 5.47. The first-order chi connectivity index (χ1) is 8.99. The largest absolute Gasteiger partial charge is 0.347 e. The quantitative estimate of drug-likeness (QED) is 0.878. The molecule has 0 spiro atoms. The van der Waals surface area contributed by atoms with Crippen molar-refractivity contribution in [3.05, 3.63) is 33.8 Å². The molecule has 19 heavy (non-hydrogen) atoms. The summed E-state index contributed by atoms with van der Waals surface area (Å²) in [5, 5.41) is 6.57. The highest BCUT2D eigenvalue weighted by Crippen LogP contribution is 2.19. The first kappa shape index (κ1) is 14.5. The van der Waals surface area contributed by atoms with Crippen molar-refractivity contribution in [2.75, 3.05) is 6.54 Å². The molecule has 3 nitrogen and oxygen atoms in total. The van der Waals surface area contributed by atoms with Crippen molar-refractivity contribution < 1.29 is 4.79 Å². The van der Waals surface area contributed by atoms with E-state index >= 15 is 0 Å². The smallest absolute Gasteiger partial charge is 0.251 e. The summed E-state index contributed by atoms with van der Waals surface area (Å²) in [5.74, 6) is 0.516. The molecule has 0 bridgehead atoms. The van der Waals surface area contributed by atoms with E-state index in [0.29, 0.717) is 17.5 Å². The van der Waals surface area contributed by atoms with Gasteiger partial charge in [0.1, 0.15) is 0 Å². The Kier molecular flexibility index (Phi) is 4.63. The van der Waals surface area contributed by atoms with E-state index in [1.54, 1.807) is 0 Å². The summed E-state index contributed by atoms with van der Waals surface area (Å²) >= 11 is 3.47. The molecule has 2 rings (SSSR count). The van der Waals surface area contributed by atoms with Gasteiger partial charge in [-0.1, -0.05) is 28.9 Å². The lowest BCUT2D eigenvalue weighted by atomic mass is 9.89. The van der Waals surface area contributed by atoms with Gasteiger partial charge in [0.15, 0.2) is 0 Å². The Morgan fingerprint density at radius 2 is 2.16 bits per heavy atom. The summed E-state index contributed by atoms with van der Waals surface area (Å²) < 4.78 is 0.975. The van der Waals surface area contributed by atoms with Crippen LogP contribution >= 0.6 is 15.9 Å². The van der Waals surface area contributed by atoms with Gasteiger partial charge in [0.2, 0.25) is 0 Å². The number of carbonyl (C=O) groups is 1. The zero-order valence-electron chi connectivity index (χ0n) is 11.7. The molecule has 1 fully saturated rings. The molecule has 0 aliphatic carbocycles. The van der Waals surface area contributed by atoms with Gasteiger partial charge in [-0.05, 0) is 50.4 Å². The number of nitrogens with one attached hydrogen (secondary N) is 2. The molecule has 1 aromatic rings. The van der Waals surface area contributed by atoms with Crippen LogP contribution in [0.15, 0.2) is 22.7 Å². The molecule has 1 amide bonds. The van der Waals surface area contributed by atoms with E-state index in [1.807, 2.05) is 25.1 Å². The zero-order valence-corrected chi connectivity index (χ0v) is 13.3. The number of benzene rings is 1. The normalized spacial score (nSPS) is 27.1. The number of piperidine rings is 1. The van der Waals surface area contributed by atoms with Gasteiger partial charge in [0.05, 0.1) is 0 Å². The molecule has 1 aliphatic rings. The molecule has 1 heterocycles. The third kappa shape index (κ3) is 3.37. The first-order valence-electron chi connectivity index (χ1n) is 6.79. The van der Waals surface area contributed by atoms with Gasteiger partial charge >= 0.3 is 0 Å². The number of hydrogen-bond donors (Lipinski definition) is 2. The Hall–Kier alpha value is -0.870. The second-order valence-corrected chi connectivity index (χ2v) is 6.33. The van der Waals surface area contributed by atoms with Crippen molar-refractivity contribution >= 4 is 21.8 Å². The van der Waals surface area contributed by atoms with Crippen molar-refractivity contribution in [1.82, 2.24) is 10.6 Å². The van der Waals surface area contributed by atoms with Gasteiger partial charge < -0.3 is 10.6 Å². The number of hydrogen-bond acceptors (Lipinski definition) is 2. The van der Waals surface area contributed by atoms with Crippen LogP contribution in [0.3, 0.4) is 0 Å². The molecule has 4 heteroatoms. The molecular formula is C15H21BrN2O. The highest BCUT2D eigenvalue weighted by atomic mass is 79.9. The minimum Gasteiger partial charge on any atom is -0.347 e. The average molecular weight is 325 g/mol. The maximum Gasteiger partial charge on any atom is 0.251 e. The fourth-order valence-electron chi connectivity index (χ4n) is 2.57. The lowest BCUT2D eigenvalue weighted by molar-refractivity contribution is 0.0897. The molecule has 0 radical (unpaired) electrons. The molecule has 104 valence electrons. The van der Waals surface area contributed by atoms with Crippen molar-refractivity contribution in [2.45, 2.75) is 39.3 Å². The van der Waals surface area contributed by atoms with E-state index in [2.05, 4.69) is 40.4 Å². The van der Waals surface area contributed by atoms with Gasteiger partial charge in [0, 0.05) is 22.1 Å². The van der Waals surface area contributed by atoms with Gasteiger partial charge in [-0.15, -0.1) is 0 Å². The molecule has 3 unspecified atom stereocenters. The Labute approximate surface area is 123 Å². The molecule has 0 saturated carbocycles. The maximum atomic E-state index is 12.3. The van der Waals surface area contributed by atoms with E-state index < -0.39 is 0 Å². The third-order valence-corrected chi connectivity index (χ3v) is 4.80. The van der Waals surface area contributed by atoms with Crippen LogP contribution in [0.1, 0.15) is 36.2 Å². The Morgan fingerprint density at radius 1 is 1.42 bits per heavy atom. The Morgan fingerprint density at radius 3 is 2.79 bits per heavy atom. The van der Waals surface area contributed by atoms with E-state index in [0.717, 1.165) is 23.0 Å². The van der Waals surface area contributed by atoms with Crippen LogP contribution in [-0.2, 0) is 0 Å². The van der Waals surface area contributed by atoms with E-state index in [-0.39, 0.29) is 11.9 Å². The fourth-order valence-corrected chi connectivity index (χ4v) is 2.95. The lowest BCUT2D eigenvalue weighted by Gasteiger charge is -2.36. The van der Waals surface area contributed by atoms with E-state index in [9.17, 15) is 4.79 Å². The monoisotopic (exact) mass is 324 g/mol. The minimum atomic E-state index is 0.00750. The predicted octanol–water partition coefficient (Wildman–Crippen LogP) is 2.87. The van der Waals surface area contributed by atoms with Crippen molar-refractivity contribution in [1.29, 1.82) is 0 Å². The SMILES string of the molecule is Cc1ccc(C(=O)NC2C(C)CCNC2C)cc1Br.